The van der Waals surface area contributed by atoms with E-state index in [1.165, 1.54) is 0 Å². The molecule has 0 aliphatic heterocycles. The molecule has 0 atom stereocenters. The molecule has 0 bridgehead atoms. The van der Waals surface area contributed by atoms with Crippen LogP contribution in [-0.4, -0.2) is 19.1 Å². The van der Waals surface area contributed by atoms with Crippen LogP contribution in [0.15, 0.2) is 0 Å². The summed E-state index contributed by atoms with van der Waals surface area (Å²) in [5.41, 5.74) is 7.01. The number of nitriles is 1. The number of carbonyl (C=O) groups is 1. The van der Waals surface area contributed by atoms with Crippen LogP contribution in [0.4, 0.5) is 0 Å². The zero-order chi connectivity index (χ0) is 10.3. The molecule has 0 unspecified atom stereocenters. The minimum atomic E-state index is -0.521. The Morgan fingerprint density at radius 1 is 1.69 bits per heavy atom. The van der Waals surface area contributed by atoms with E-state index in [4.69, 9.17) is 15.8 Å². The van der Waals surface area contributed by atoms with E-state index in [9.17, 15) is 4.79 Å². The fourth-order valence-electron chi connectivity index (χ4n) is 0.614. The van der Waals surface area contributed by atoms with E-state index in [1.807, 2.05) is 13.8 Å². The summed E-state index contributed by atoms with van der Waals surface area (Å²) >= 11 is 0. The second-order valence-electron chi connectivity index (χ2n) is 3.40. The summed E-state index contributed by atoms with van der Waals surface area (Å²) in [7, 11) is 0. The molecule has 0 aliphatic carbocycles. The number of nitrogens with two attached hydrogens (primary N) is 1. The molecular weight excluding hydrogens is 170 g/mol. The Balaban J connectivity index is 3.37. The minimum absolute atomic E-state index is 0.146. The van der Waals surface area contributed by atoms with Gasteiger partial charge in [-0.2, -0.15) is 5.26 Å². The molecule has 0 aromatic rings. The lowest BCUT2D eigenvalue weighted by Gasteiger charge is -2.14. The second kappa shape index (κ2) is 5.51. The Bertz CT molecular complexity index is 208. The van der Waals surface area contributed by atoms with E-state index in [0.29, 0.717) is 13.0 Å². The number of hydrogen-bond acceptors (Lipinski definition) is 4. The smallest absolute Gasteiger partial charge is 0.245 e. The fraction of sp³-hybridized carbons (Fsp3) is 0.750. The first-order valence-electron chi connectivity index (χ1n) is 4.02. The summed E-state index contributed by atoms with van der Waals surface area (Å²) in [5.74, 6) is -0.521. The quantitative estimate of drug-likeness (QED) is 0.448. The van der Waals surface area contributed by atoms with Gasteiger partial charge >= 0.3 is 0 Å². The van der Waals surface area contributed by atoms with Gasteiger partial charge in [-0.3, -0.25) is 9.63 Å². The van der Waals surface area contributed by atoms with Gasteiger partial charge < -0.3 is 5.73 Å². The van der Waals surface area contributed by atoms with Gasteiger partial charge in [-0.1, -0.05) is 0 Å². The van der Waals surface area contributed by atoms with Gasteiger partial charge in [0.05, 0.1) is 11.5 Å². The zero-order valence-corrected chi connectivity index (χ0v) is 7.96. The molecule has 0 aromatic carbocycles. The first-order chi connectivity index (χ1) is 5.98. The highest BCUT2D eigenvalue weighted by Crippen LogP contribution is 2.16. The van der Waals surface area contributed by atoms with Crippen molar-refractivity contribution >= 4 is 5.91 Å². The van der Waals surface area contributed by atoms with Gasteiger partial charge in [0.25, 0.3) is 0 Å². The highest BCUT2D eigenvalue weighted by molar-refractivity contribution is 5.74. The second-order valence-corrected chi connectivity index (χ2v) is 3.40. The third kappa shape index (κ3) is 7.25. The number of primary amides is 1. The van der Waals surface area contributed by atoms with Crippen molar-refractivity contribution in [2.24, 2.45) is 11.1 Å². The molecule has 0 radical (unpaired) electrons. The molecule has 0 aliphatic rings. The van der Waals surface area contributed by atoms with Gasteiger partial charge in [0.2, 0.25) is 5.91 Å². The first-order valence-corrected chi connectivity index (χ1v) is 4.02. The summed E-state index contributed by atoms with van der Waals surface area (Å²) in [4.78, 5) is 14.9. The Morgan fingerprint density at radius 2 is 2.31 bits per heavy atom. The average Bonchev–Trinajstić information content (AvgIpc) is 2.03. The van der Waals surface area contributed by atoms with Crippen molar-refractivity contribution in [3.05, 3.63) is 0 Å². The maximum absolute atomic E-state index is 10.2. The van der Waals surface area contributed by atoms with Crippen molar-refractivity contribution in [3.63, 3.8) is 0 Å². The molecule has 0 saturated carbocycles. The summed E-state index contributed by atoms with van der Waals surface area (Å²) in [6.45, 7) is 4.05. The molecule has 74 valence electrons. The number of nitrogens with zero attached hydrogens (tertiary/aromatic N) is 1. The van der Waals surface area contributed by atoms with Crippen LogP contribution in [0.3, 0.4) is 0 Å². The molecule has 0 spiro atoms. The number of carbonyl (C=O) groups excluding carboxylic acids is 1. The van der Waals surface area contributed by atoms with Gasteiger partial charge in [-0.05, 0) is 20.3 Å². The van der Waals surface area contributed by atoms with E-state index < -0.39 is 5.91 Å². The molecule has 13 heavy (non-hydrogen) atoms. The van der Waals surface area contributed by atoms with Crippen molar-refractivity contribution in [3.8, 4) is 6.07 Å². The van der Waals surface area contributed by atoms with Gasteiger partial charge in [-0.15, -0.1) is 0 Å². The third-order valence-corrected chi connectivity index (χ3v) is 1.47. The zero-order valence-electron chi connectivity index (χ0n) is 7.96. The van der Waals surface area contributed by atoms with Crippen molar-refractivity contribution in [2.45, 2.75) is 20.3 Å². The molecule has 0 fully saturated rings. The average molecular weight is 185 g/mol. The standard InChI is InChI=1S/C8H15N3O2/c1-8(2,6-9)3-4-11-13-5-7(10)12/h11H,3-5H2,1-2H3,(H2,10,12). The maximum Gasteiger partial charge on any atom is 0.245 e. The lowest BCUT2D eigenvalue weighted by atomic mass is 9.92. The fourth-order valence-corrected chi connectivity index (χ4v) is 0.614. The van der Waals surface area contributed by atoms with E-state index in [2.05, 4.69) is 11.5 Å². The first kappa shape index (κ1) is 11.9. The number of hydroxylamine groups is 1. The van der Waals surface area contributed by atoms with Crippen LogP contribution in [0.2, 0.25) is 0 Å². The number of hydrogen-bond donors (Lipinski definition) is 2. The van der Waals surface area contributed by atoms with Crippen LogP contribution in [0, 0.1) is 16.7 Å². The summed E-state index contributed by atoms with van der Waals surface area (Å²) in [6.07, 6.45) is 0.655. The van der Waals surface area contributed by atoms with Crippen LogP contribution in [0.25, 0.3) is 0 Å². The van der Waals surface area contributed by atoms with Crippen LogP contribution in [0.1, 0.15) is 20.3 Å². The number of rotatable bonds is 6. The molecular formula is C8H15N3O2. The van der Waals surface area contributed by atoms with Crippen molar-refractivity contribution in [1.29, 1.82) is 5.26 Å². The predicted molar refractivity (Wildman–Crippen MR) is 47.2 cm³/mol. The lowest BCUT2D eigenvalue weighted by molar-refractivity contribution is -0.125. The van der Waals surface area contributed by atoms with Gasteiger partial charge in [0, 0.05) is 6.54 Å². The van der Waals surface area contributed by atoms with E-state index in [1.54, 1.807) is 0 Å². The molecule has 0 saturated heterocycles. The maximum atomic E-state index is 10.2. The molecule has 5 heteroatoms. The third-order valence-electron chi connectivity index (χ3n) is 1.47. The van der Waals surface area contributed by atoms with Gasteiger partial charge in [0.15, 0.2) is 0 Å². The Labute approximate surface area is 77.8 Å². The number of nitrogens with one attached hydrogen (secondary N) is 1. The molecule has 0 heterocycles. The van der Waals surface area contributed by atoms with Crippen LogP contribution in [-0.2, 0) is 9.63 Å². The van der Waals surface area contributed by atoms with Crippen LogP contribution in [0.5, 0.6) is 0 Å². The Kier molecular flexibility index (Phi) is 5.04. The van der Waals surface area contributed by atoms with Gasteiger partial charge in [-0.25, -0.2) is 5.48 Å². The molecule has 3 N–H and O–H groups in total. The summed E-state index contributed by atoms with van der Waals surface area (Å²) < 4.78 is 0. The number of amides is 1. The molecule has 5 nitrogen and oxygen atoms in total. The van der Waals surface area contributed by atoms with E-state index in [0.717, 1.165) is 0 Å². The predicted octanol–water partition coefficient (Wildman–Crippen LogP) is -0.0672. The van der Waals surface area contributed by atoms with Crippen LogP contribution < -0.4 is 11.2 Å². The normalized spacial score (nSPS) is 10.8. The van der Waals surface area contributed by atoms with E-state index >= 15 is 0 Å². The molecule has 0 rings (SSSR count). The lowest BCUT2D eigenvalue weighted by Crippen LogP contribution is -2.27. The Hall–Kier alpha value is -1.12. The molecule has 0 aromatic heterocycles. The highest BCUT2D eigenvalue weighted by Gasteiger charge is 2.15. The largest absolute Gasteiger partial charge is 0.368 e. The van der Waals surface area contributed by atoms with Crippen molar-refractivity contribution < 1.29 is 9.63 Å². The van der Waals surface area contributed by atoms with E-state index in [-0.39, 0.29) is 12.0 Å². The topological polar surface area (TPSA) is 88.1 Å². The highest BCUT2D eigenvalue weighted by atomic mass is 16.6. The summed E-state index contributed by atoms with van der Waals surface area (Å²) in [5, 5.41) is 8.65. The van der Waals surface area contributed by atoms with Crippen molar-refractivity contribution in [1.82, 2.24) is 5.48 Å². The minimum Gasteiger partial charge on any atom is -0.368 e. The van der Waals surface area contributed by atoms with Gasteiger partial charge in [0.1, 0.15) is 6.61 Å². The van der Waals surface area contributed by atoms with Crippen LogP contribution >= 0.6 is 0 Å². The molecule has 1 amide bonds. The Morgan fingerprint density at radius 3 is 2.77 bits per heavy atom. The van der Waals surface area contributed by atoms with Crippen molar-refractivity contribution in [2.75, 3.05) is 13.2 Å². The summed E-state index contributed by atoms with van der Waals surface area (Å²) in [6, 6.07) is 2.15. The monoisotopic (exact) mass is 185 g/mol. The SMILES string of the molecule is CC(C)(C#N)CCNOCC(N)=O.